The Morgan fingerprint density at radius 2 is 2.00 bits per heavy atom. The maximum atomic E-state index is 11.9. The van der Waals surface area contributed by atoms with Crippen molar-refractivity contribution in [3.8, 4) is 0 Å². The number of benzene rings is 1. The molecule has 0 amide bonds. The molecule has 6 nitrogen and oxygen atoms in total. The average Bonchev–Trinajstić information content (AvgIpc) is 2.42. The summed E-state index contributed by atoms with van der Waals surface area (Å²) >= 11 is 0. The lowest BCUT2D eigenvalue weighted by atomic mass is 10.1. The number of carboxylic acid groups (broad SMARTS) is 1. The van der Waals surface area contributed by atoms with E-state index in [1.807, 2.05) is 0 Å². The number of carboxylic acids is 1. The molecule has 1 N–H and O–H groups in total. The van der Waals surface area contributed by atoms with Crippen molar-refractivity contribution in [3.05, 3.63) is 35.4 Å². The van der Waals surface area contributed by atoms with Crippen LogP contribution in [-0.4, -0.2) is 56.9 Å². The van der Waals surface area contributed by atoms with Gasteiger partial charge in [0.15, 0.2) is 0 Å². The van der Waals surface area contributed by atoms with Crippen LogP contribution in [0.4, 0.5) is 0 Å². The molecular formula is C13H19NO5S. The zero-order chi connectivity index (χ0) is 15.2. The Bertz CT molecular complexity index is 556. The molecule has 0 atom stereocenters. The number of aromatic carboxylic acids is 1. The van der Waals surface area contributed by atoms with E-state index in [4.69, 9.17) is 9.84 Å². The number of methoxy groups -OCH3 is 1. The summed E-state index contributed by atoms with van der Waals surface area (Å²) in [6.07, 6.45) is 0.352. The highest BCUT2D eigenvalue weighted by Gasteiger charge is 2.18. The average molecular weight is 301 g/mol. The van der Waals surface area contributed by atoms with Crippen molar-refractivity contribution in [1.29, 1.82) is 0 Å². The highest BCUT2D eigenvalue weighted by molar-refractivity contribution is 7.89. The largest absolute Gasteiger partial charge is 0.478 e. The number of carbonyl (C=O) groups is 1. The van der Waals surface area contributed by atoms with Crippen molar-refractivity contribution < 1.29 is 23.1 Å². The normalized spacial score (nSPS) is 11.8. The number of nitrogens with zero attached hydrogens (tertiary/aromatic N) is 1. The van der Waals surface area contributed by atoms with E-state index in [2.05, 4.69) is 0 Å². The van der Waals surface area contributed by atoms with Crippen LogP contribution in [0.15, 0.2) is 24.3 Å². The Balaban J connectivity index is 2.70. The van der Waals surface area contributed by atoms with Crippen LogP contribution in [-0.2, 0) is 21.2 Å². The molecule has 0 radical (unpaired) electrons. The second-order valence-corrected chi connectivity index (χ2v) is 6.54. The Morgan fingerprint density at radius 3 is 2.60 bits per heavy atom. The Kier molecular flexibility index (Phi) is 6.12. The summed E-state index contributed by atoms with van der Waals surface area (Å²) in [4.78, 5) is 11.1. The van der Waals surface area contributed by atoms with Crippen molar-refractivity contribution in [1.82, 2.24) is 4.31 Å². The van der Waals surface area contributed by atoms with Crippen LogP contribution in [0, 0.1) is 0 Å². The van der Waals surface area contributed by atoms with Crippen LogP contribution in [0.2, 0.25) is 0 Å². The number of ether oxygens (including phenoxy) is 1. The summed E-state index contributed by atoms with van der Waals surface area (Å²) in [7, 11) is -0.441. The van der Waals surface area contributed by atoms with Crippen molar-refractivity contribution in [2.24, 2.45) is 0 Å². The quantitative estimate of drug-likeness (QED) is 0.769. The van der Waals surface area contributed by atoms with E-state index >= 15 is 0 Å². The molecule has 0 fully saturated rings. The first-order valence-corrected chi connectivity index (χ1v) is 7.73. The Labute approximate surface area is 119 Å². The van der Waals surface area contributed by atoms with E-state index in [9.17, 15) is 13.2 Å². The van der Waals surface area contributed by atoms with Gasteiger partial charge in [0.2, 0.25) is 10.0 Å². The standard InChI is InChI=1S/C13H19NO5S/c1-14(20(17,18)10-9-19-2)8-7-11-5-3-4-6-12(11)13(15)16/h3-6H,7-10H2,1-2H3,(H,15,16). The summed E-state index contributed by atoms with van der Waals surface area (Å²) in [6.45, 7) is 0.370. The molecule has 1 rings (SSSR count). The van der Waals surface area contributed by atoms with Crippen LogP contribution in [0.25, 0.3) is 0 Å². The van der Waals surface area contributed by atoms with Gasteiger partial charge in [0.1, 0.15) is 0 Å². The van der Waals surface area contributed by atoms with Gasteiger partial charge in [0, 0.05) is 20.7 Å². The summed E-state index contributed by atoms with van der Waals surface area (Å²) < 4.78 is 29.7. The number of likely N-dealkylation sites (N-methyl/N-ethyl adjacent to an activating group) is 1. The van der Waals surface area contributed by atoms with E-state index < -0.39 is 16.0 Å². The third-order valence-corrected chi connectivity index (χ3v) is 4.78. The monoisotopic (exact) mass is 301 g/mol. The summed E-state index contributed by atoms with van der Waals surface area (Å²) in [5.41, 5.74) is 0.823. The highest BCUT2D eigenvalue weighted by Crippen LogP contribution is 2.11. The van der Waals surface area contributed by atoms with Gasteiger partial charge in [-0.1, -0.05) is 18.2 Å². The maximum Gasteiger partial charge on any atom is 0.335 e. The molecule has 20 heavy (non-hydrogen) atoms. The van der Waals surface area contributed by atoms with Crippen LogP contribution in [0.5, 0.6) is 0 Å². The lowest BCUT2D eigenvalue weighted by Crippen LogP contribution is -2.32. The topological polar surface area (TPSA) is 83.9 Å². The third-order valence-electron chi connectivity index (χ3n) is 2.96. The summed E-state index contributed by atoms with van der Waals surface area (Å²) in [6, 6.07) is 6.59. The van der Waals surface area contributed by atoms with Gasteiger partial charge in [-0.2, -0.15) is 0 Å². The van der Waals surface area contributed by atoms with Crippen molar-refractivity contribution >= 4 is 16.0 Å². The number of sulfonamides is 1. The molecular weight excluding hydrogens is 282 g/mol. The Hall–Kier alpha value is -1.44. The van der Waals surface area contributed by atoms with Gasteiger partial charge in [-0.15, -0.1) is 0 Å². The fourth-order valence-electron chi connectivity index (χ4n) is 1.71. The number of rotatable bonds is 8. The van der Waals surface area contributed by atoms with Gasteiger partial charge in [0.25, 0.3) is 0 Å². The number of hydrogen-bond donors (Lipinski definition) is 1. The molecule has 0 saturated carbocycles. The molecule has 0 bridgehead atoms. The zero-order valence-corrected chi connectivity index (χ0v) is 12.4. The van der Waals surface area contributed by atoms with Crippen LogP contribution in [0.1, 0.15) is 15.9 Å². The fourth-order valence-corrected chi connectivity index (χ4v) is 2.77. The molecule has 0 aromatic heterocycles. The summed E-state index contributed by atoms with van der Waals surface area (Å²) in [5, 5.41) is 9.06. The van der Waals surface area contributed by atoms with Gasteiger partial charge < -0.3 is 9.84 Å². The van der Waals surface area contributed by atoms with Gasteiger partial charge in [-0.25, -0.2) is 17.5 Å². The molecule has 0 heterocycles. The molecule has 1 aromatic rings. The van der Waals surface area contributed by atoms with Crippen LogP contribution in [0.3, 0.4) is 0 Å². The van der Waals surface area contributed by atoms with Crippen molar-refractivity contribution in [2.75, 3.05) is 33.1 Å². The number of hydrogen-bond acceptors (Lipinski definition) is 4. The molecule has 0 aliphatic rings. The van der Waals surface area contributed by atoms with E-state index in [-0.39, 0.29) is 24.5 Å². The highest BCUT2D eigenvalue weighted by atomic mass is 32.2. The smallest absolute Gasteiger partial charge is 0.335 e. The van der Waals surface area contributed by atoms with Crippen LogP contribution < -0.4 is 0 Å². The minimum atomic E-state index is -3.36. The molecule has 0 aliphatic carbocycles. The molecule has 0 aliphatic heterocycles. The summed E-state index contributed by atoms with van der Waals surface area (Å²) in [5.74, 6) is -1.09. The lowest BCUT2D eigenvalue weighted by Gasteiger charge is -2.17. The van der Waals surface area contributed by atoms with Crippen LogP contribution >= 0.6 is 0 Å². The first kappa shape index (κ1) is 16.6. The maximum absolute atomic E-state index is 11.9. The molecule has 1 aromatic carbocycles. The second-order valence-electron chi connectivity index (χ2n) is 4.34. The molecule has 0 spiro atoms. The van der Waals surface area contributed by atoms with Gasteiger partial charge in [0.05, 0.1) is 17.9 Å². The van der Waals surface area contributed by atoms with E-state index in [0.717, 1.165) is 0 Å². The first-order chi connectivity index (χ1) is 9.38. The van der Waals surface area contributed by atoms with Gasteiger partial charge >= 0.3 is 5.97 Å². The minimum Gasteiger partial charge on any atom is -0.478 e. The lowest BCUT2D eigenvalue weighted by molar-refractivity contribution is 0.0695. The SMILES string of the molecule is COCCS(=O)(=O)N(C)CCc1ccccc1C(=O)O. The molecule has 7 heteroatoms. The fraction of sp³-hybridized carbons (Fsp3) is 0.462. The van der Waals surface area contributed by atoms with E-state index in [1.54, 1.807) is 18.2 Å². The van der Waals surface area contributed by atoms with E-state index in [0.29, 0.717) is 12.0 Å². The van der Waals surface area contributed by atoms with Gasteiger partial charge in [-0.3, -0.25) is 0 Å². The predicted octanol–water partition coefficient (Wildman–Crippen LogP) is 0.835. The molecule has 112 valence electrons. The van der Waals surface area contributed by atoms with Crippen molar-refractivity contribution in [2.45, 2.75) is 6.42 Å². The minimum absolute atomic E-state index is 0.0828. The zero-order valence-electron chi connectivity index (χ0n) is 11.6. The predicted molar refractivity (Wildman–Crippen MR) is 75.4 cm³/mol. The van der Waals surface area contributed by atoms with Gasteiger partial charge in [-0.05, 0) is 18.1 Å². The Morgan fingerprint density at radius 1 is 1.35 bits per heavy atom. The third kappa shape index (κ3) is 4.59. The van der Waals surface area contributed by atoms with Crippen molar-refractivity contribution in [3.63, 3.8) is 0 Å². The molecule has 0 unspecified atom stereocenters. The first-order valence-electron chi connectivity index (χ1n) is 6.12. The second kappa shape index (κ2) is 7.37. The molecule has 0 saturated heterocycles. The van der Waals surface area contributed by atoms with E-state index in [1.165, 1.54) is 24.5 Å².